The summed E-state index contributed by atoms with van der Waals surface area (Å²) in [6.07, 6.45) is -0.997. The second-order valence-electron chi connectivity index (χ2n) is 13.2. The highest BCUT2D eigenvalue weighted by atomic mass is 16.6. The second kappa shape index (κ2) is 19.0. The van der Waals surface area contributed by atoms with Crippen LogP contribution in [0.5, 0.6) is 5.75 Å². The van der Waals surface area contributed by atoms with E-state index < -0.39 is 59.4 Å². The molecule has 12 nitrogen and oxygen atoms in total. The molecular formula is C38H48N4O8. The van der Waals surface area contributed by atoms with Crippen LogP contribution in [0, 0.1) is 5.92 Å². The minimum absolute atomic E-state index is 0.0689. The molecule has 0 aromatic heterocycles. The van der Waals surface area contributed by atoms with Crippen LogP contribution in [0.2, 0.25) is 0 Å². The number of nitrogens with two attached hydrogens (primary N) is 1. The summed E-state index contributed by atoms with van der Waals surface area (Å²) in [6.45, 7) is 9.00. The van der Waals surface area contributed by atoms with Crippen LogP contribution in [-0.4, -0.2) is 53.5 Å². The number of ether oxygens (including phenoxy) is 3. The summed E-state index contributed by atoms with van der Waals surface area (Å²) < 4.78 is 16.5. The van der Waals surface area contributed by atoms with Crippen LogP contribution in [0.3, 0.4) is 0 Å². The van der Waals surface area contributed by atoms with Gasteiger partial charge in [-0.25, -0.2) is 4.79 Å². The van der Waals surface area contributed by atoms with E-state index in [0.717, 1.165) is 11.1 Å². The Balaban J connectivity index is 1.66. The van der Waals surface area contributed by atoms with E-state index in [9.17, 15) is 24.0 Å². The minimum atomic E-state index is -1.19. The predicted octanol–water partition coefficient (Wildman–Crippen LogP) is 4.34. The van der Waals surface area contributed by atoms with Gasteiger partial charge in [0.05, 0.1) is 0 Å². The Labute approximate surface area is 293 Å². The molecule has 0 saturated carbocycles. The van der Waals surface area contributed by atoms with Gasteiger partial charge in [-0.1, -0.05) is 86.6 Å². The lowest BCUT2D eigenvalue weighted by atomic mass is 10.00. The van der Waals surface area contributed by atoms with Crippen LogP contribution >= 0.6 is 0 Å². The van der Waals surface area contributed by atoms with Gasteiger partial charge in [0, 0.05) is 12.8 Å². The Morgan fingerprint density at radius 3 is 1.82 bits per heavy atom. The third-order valence-electron chi connectivity index (χ3n) is 7.41. The normalized spacial score (nSPS) is 12.9. The van der Waals surface area contributed by atoms with Gasteiger partial charge in [-0.05, 0) is 61.9 Å². The first-order valence-electron chi connectivity index (χ1n) is 16.5. The van der Waals surface area contributed by atoms with Crippen LogP contribution in [0.1, 0.15) is 64.2 Å². The van der Waals surface area contributed by atoms with Crippen LogP contribution in [-0.2, 0) is 48.3 Å². The molecule has 3 rings (SSSR count). The van der Waals surface area contributed by atoms with E-state index in [-0.39, 0.29) is 25.9 Å². The topological polar surface area (TPSA) is 175 Å². The SMILES string of the molecule is CC(C)C(NC(=O)C(Cc1ccc(OCc2ccccc2)cc1)NC(=O)OC(C)(C)C)C(=O)NC(CCC(=O)OCc1ccccc1)C(N)=O. The zero-order chi connectivity index (χ0) is 36.7. The fourth-order valence-electron chi connectivity index (χ4n) is 4.77. The van der Waals surface area contributed by atoms with Crippen molar-refractivity contribution in [2.45, 2.75) is 90.8 Å². The minimum Gasteiger partial charge on any atom is -0.489 e. The number of nitrogens with one attached hydrogen (secondary N) is 3. The Kier molecular flexibility index (Phi) is 14.8. The lowest BCUT2D eigenvalue weighted by Crippen LogP contribution is -2.58. The summed E-state index contributed by atoms with van der Waals surface area (Å²) in [5.41, 5.74) is 7.27. The molecule has 0 spiro atoms. The van der Waals surface area contributed by atoms with Gasteiger partial charge in [0.2, 0.25) is 17.7 Å². The van der Waals surface area contributed by atoms with Gasteiger partial charge < -0.3 is 35.9 Å². The number of esters is 1. The maximum Gasteiger partial charge on any atom is 0.408 e. The third-order valence-corrected chi connectivity index (χ3v) is 7.41. The molecule has 4 amide bonds. The lowest BCUT2D eigenvalue weighted by Gasteiger charge is -2.27. The Morgan fingerprint density at radius 1 is 0.700 bits per heavy atom. The molecule has 0 fully saturated rings. The van der Waals surface area contributed by atoms with E-state index in [1.54, 1.807) is 58.9 Å². The lowest BCUT2D eigenvalue weighted by molar-refractivity contribution is -0.145. The number of benzene rings is 3. The number of hydrogen-bond donors (Lipinski definition) is 4. The molecule has 0 aliphatic heterocycles. The molecule has 3 aromatic rings. The Bertz CT molecular complexity index is 1560. The van der Waals surface area contributed by atoms with E-state index in [0.29, 0.717) is 17.9 Å². The number of carbonyl (C=O) groups is 5. The standard InChI is InChI=1S/C38H48N4O8/c1-25(2)33(36(46)40-30(34(39)44)20-21-32(43)49-24-28-14-10-7-11-15-28)42-35(45)31(41-37(47)50-38(3,4)5)22-26-16-18-29(19-17-26)48-23-27-12-8-6-9-13-27/h6-19,25,30-31,33H,20-24H2,1-5H3,(H2,39,44)(H,40,46)(H,41,47)(H,42,45). The predicted molar refractivity (Wildman–Crippen MR) is 187 cm³/mol. The number of rotatable bonds is 17. The van der Waals surface area contributed by atoms with Crippen LogP contribution in [0.4, 0.5) is 4.79 Å². The van der Waals surface area contributed by atoms with Gasteiger partial charge in [-0.2, -0.15) is 0 Å². The third kappa shape index (κ3) is 14.0. The number of alkyl carbamates (subject to hydrolysis) is 1. The maximum absolute atomic E-state index is 13.7. The molecule has 50 heavy (non-hydrogen) atoms. The van der Waals surface area contributed by atoms with E-state index in [1.807, 2.05) is 60.7 Å². The first-order valence-corrected chi connectivity index (χ1v) is 16.5. The summed E-state index contributed by atoms with van der Waals surface area (Å²) in [6, 6.07) is 22.5. The highest BCUT2D eigenvalue weighted by Crippen LogP contribution is 2.17. The zero-order valence-electron chi connectivity index (χ0n) is 29.3. The van der Waals surface area contributed by atoms with Gasteiger partial charge >= 0.3 is 12.1 Å². The van der Waals surface area contributed by atoms with Crippen molar-refractivity contribution in [1.82, 2.24) is 16.0 Å². The molecule has 268 valence electrons. The molecule has 3 unspecified atom stereocenters. The van der Waals surface area contributed by atoms with Crippen molar-refractivity contribution < 1.29 is 38.2 Å². The van der Waals surface area contributed by atoms with Crippen LogP contribution in [0.25, 0.3) is 0 Å². The van der Waals surface area contributed by atoms with Crippen LogP contribution < -0.4 is 26.4 Å². The average molecular weight is 689 g/mol. The Morgan fingerprint density at radius 2 is 1.28 bits per heavy atom. The van der Waals surface area contributed by atoms with Gasteiger partial charge in [0.15, 0.2) is 0 Å². The highest BCUT2D eigenvalue weighted by Gasteiger charge is 2.32. The summed E-state index contributed by atoms with van der Waals surface area (Å²) >= 11 is 0. The van der Waals surface area contributed by atoms with E-state index in [2.05, 4.69) is 16.0 Å². The molecule has 0 heterocycles. The van der Waals surface area contributed by atoms with E-state index >= 15 is 0 Å². The molecule has 5 N–H and O–H groups in total. The molecule has 3 aromatic carbocycles. The van der Waals surface area contributed by atoms with Gasteiger partial charge in [-0.3, -0.25) is 19.2 Å². The van der Waals surface area contributed by atoms with E-state index in [4.69, 9.17) is 19.9 Å². The van der Waals surface area contributed by atoms with Gasteiger partial charge in [0.1, 0.15) is 42.7 Å². The van der Waals surface area contributed by atoms with Crippen molar-refractivity contribution >= 4 is 29.8 Å². The quantitative estimate of drug-likeness (QED) is 0.152. The largest absolute Gasteiger partial charge is 0.489 e. The highest BCUT2D eigenvalue weighted by molar-refractivity contribution is 5.94. The average Bonchev–Trinajstić information content (AvgIpc) is 3.07. The van der Waals surface area contributed by atoms with Crippen molar-refractivity contribution in [3.63, 3.8) is 0 Å². The molecule has 0 aliphatic rings. The number of hydrogen-bond acceptors (Lipinski definition) is 8. The molecule has 0 bridgehead atoms. The summed E-state index contributed by atoms with van der Waals surface area (Å²) in [5.74, 6) is -2.52. The molecule has 0 saturated heterocycles. The Hall–Kier alpha value is -5.39. The monoisotopic (exact) mass is 688 g/mol. The van der Waals surface area contributed by atoms with Crippen molar-refractivity contribution in [2.24, 2.45) is 11.7 Å². The van der Waals surface area contributed by atoms with Crippen molar-refractivity contribution in [2.75, 3.05) is 0 Å². The molecule has 0 radical (unpaired) electrons. The molecule has 3 atom stereocenters. The summed E-state index contributed by atoms with van der Waals surface area (Å²) in [4.78, 5) is 64.4. The number of primary amides is 1. The van der Waals surface area contributed by atoms with Crippen molar-refractivity contribution in [1.29, 1.82) is 0 Å². The second-order valence-corrected chi connectivity index (χ2v) is 13.2. The fraction of sp³-hybridized carbons (Fsp3) is 0.395. The summed E-state index contributed by atoms with van der Waals surface area (Å²) in [5, 5.41) is 7.89. The zero-order valence-corrected chi connectivity index (χ0v) is 29.3. The summed E-state index contributed by atoms with van der Waals surface area (Å²) in [7, 11) is 0. The number of carbonyl (C=O) groups excluding carboxylic acids is 5. The van der Waals surface area contributed by atoms with Crippen molar-refractivity contribution in [3.05, 3.63) is 102 Å². The van der Waals surface area contributed by atoms with E-state index in [1.165, 1.54) is 0 Å². The molecule has 0 aliphatic carbocycles. The first-order chi connectivity index (χ1) is 23.7. The van der Waals surface area contributed by atoms with Crippen LogP contribution in [0.15, 0.2) is 84.9 Å². The van der Waals surface area contributed by atoms with Gasteiger partial charge in [0.25, 0.3) is 0 Å². The molecule has 12 heteroatoms. The molecular weight excluding hydrogens is 640 g/mol. The fourth-order valence-corrected chi connectivity index (χ4v) is 4.77. The smallest absolute Gasteiger partial charge is 0.408 e. The first kappa shape index (κ1) is 39.1. The van der Waals surface area contributed by atoms with Gasteiger partial charge in [-0.15, -0.1) is 0 Å². The van der Waals surface area contributed by atoms with Crippen molar-refractivity contribution in [3.8, 4) is 5.75 Å². The maximum atomic E-state index is 13.7. The number of amides is 4.